The average Bonchev–Trinajstić information content (AvgIpc) is 2.98. The Hall–Kier alpha value is -3.59. The van der Waals surface area contributed by atoms with Gasteiger partial charge in [0, 0.05) is 0 Å². The van der Waals surface area contributed by atoms with E-state index in [1.165, 1.54) is 6.08 Å². The van der Waals surface area contributed by atoms with Crippen LogP contribution >= 0.6 is 7.92 Å². The predicted octanol–water partition coefficient (Wildman–Crippen LogP) is 8.35. The molecule has 0 radical (unpaired) electrons. The zero-order valence-electron chi connectivity index (χ0n) is 26.7. The smallest absolute Gasteiger partial charge is 0.200 e. The largest absolute Gasteiger partial charge is 0.207 e. The van der Waals surface area contributed by atoms with Crippen LogP contribution in [0.15, 0.2) is 35.9 Å². The van der Waals surface area contributed by atoms with E-state index in [4.69, 9.17) is 0 Å². The van der Waals surface area contributed by atoms with E-state index >= 15 is 17.6 Å². The molecule has 0 saturated carbocycles. The van der Waals surface area contributed by atoms with E-state index in [1.54, 1.807) is 6.92 Å². The van der Waals surface area contributed by atoms with Gasteiger partial charge in [0.05, 0.1) is 6.71 Å². The average molecular weight is 683 g/mol. The molecule has 0 N–H and O–H groups in total. The van der Waals surface area contributed by atoms with Gasteiger partial charge in [0.25, 0.3) is 0 Å². The van der Waals surface area contributed by atoms with Gasteiger partial charge in [-0.3, -0.25) is 0 Å². The first-order valence-corrected chi connectivity index (χ1v) is 16.2. The van der Waals surface area contributed by atoms with Crippen LogP contribution in [0.1, 0.15) is 40.3 Å². The number of allylic oxidation sites excluding steroid dienone is 2. The van der Waals surface area contributed by atoms with Gasteiger partial charge in [0.15, 0.2) is 34.9 Å². The Kier molecular flexibility index (Phi) is 10.7. The van der Waals surface area contributed by atoms with Crippen LogP contribution in [0.5, 0.6) is 0 Å². The molecular weight excluding hydrogens is 652 g/mol. The van der Waals surface area contributed by atoms with Crippen molar-refractivity contribution in [2.75, 3.05) is 6.16 Å². The lowest BCUT2D eigenvalue weighted by Crippen LogP contribution is -2.50. The highest BCUT2D eigenvalue weighted by atomic mass is 31.1. The van der Waals surface area contributed by atoms with E-state index in [9.17, 15) is 26.3 Å². The first-order chi connectivity index (χ1) is 21.9. The summed E-state index contributed by atoms with van der Waals surface area (Å²) in [5, 5.41) is 2.11. The van der Waals surface area contributed by atoms with Crippen molar-refractivity contribution in [2.24, 2.45) is 0 Å². The molecule has 0 unspecified atom stereocenters. The molecule has 0 aliphatic carbocycles. The molecule has 0 fully saturated rings. The van der Waals surface area contributed by atoms with Crippen molar-refractivity contribution in [1.29, 1.82) is 0 Å². The SMILES string of the molecule is C/C(=C/C[BH-](c1c(F)c(F)c(F)c(F)c1F)c1c(F)c(F)c(F)c(F)c1F)CP(c1c(C)cc(C)cc1C)c1c(C)cc(C)cc1C. The van der Waals surface area contributed by atoms with Crippen LogP contribution in [0.3, 0.4) is 0 Å². The second-order valence-electron chi connectivity index (χ2n) is 12.2. The predicted molar refractivity (Wildman–Crippen MR) is 170 cm³/mol. The van der Waals surface area contributed by atoms with Gasteiger partial charge in [-0.2, -0.15) is 6.32 Å². The summed E-state index contributed by atoms with van der Waals surface area (Å²) < 4.78 is 145. The number of rotatable bonds is 8. The van der Waals surface area contributed by atoms with Gasteiger partial charge in [0.2, 0.25) is 0 Å². The van der Waals surface area contributed by atoms with Gasteiger partial charge in [-0.05, 0) is 95.4 Å². The summed E-state index contributed by atoms with van der Waals surface area (Å²) in [6.45, 7) is 9.77. The zero-order chi connectivity index (χ0) is 35.2. The number of benzene rings is 4. The minimum Gasteiger partial charge on any atom is -0.207 e. The van der Waals surface area contributed by atoms with Crippen LogP contribution in [0.4, 0.5) is 43.9 Å². The third kappa shape index (κ3) is 6.74. The molecule has 0 bridgehead atoms. The van der Waals surface area contributed by atoms with Crippen molar-refractivity contribution in [3.05, 3.63) is 127 Å². The fourth-order valence-electron chi connectivity index (χ4n) is 6.69. The van der Waals surface area contributed by atoms with Crippen LogP contribution < -0.4 is 21.5 Å². The Balaban J connectivity index is 1.93. The van der Waals surface area contributed by atoms with Gasteiger partial charge in [-0.1, -0.05) is 41.0 Å². The van der Waals surface area contributed by atoms with E-state index in [0.717, 1.165) is 44.0 Å². The lowest BCUT2D eigenvalue weighted by atomic mass is 9.38. The minimum atomic E-state index is -3.65. The van der Waals surface area contributed by atoms with Crippen molar-refractivity contribution in [3.63, 3.8) is 0 Å². The first-order valence-electron chi connectivity index (χ1n) is 14.7. The number of aryl methyl sites for hydroxylation is 6. The quantitative estimate of drug-likeness (QED) is 0.0438. The number of halogens is 10. The molecule has 0 atom stereocenters. The van der Waals surface area contributed by atoms with Crippen molar-refractivity contribution in [3.8, 4) is 0 Å². The molecule has 0 nitrogen and oxygen atoms in total. The summed E-state index contributed by atoms with van der Waals surface area (Å²) in [4.78, 5) is 0. The molecule has 250 valence electrons. The third-order valence-corrected chi connectivity index (χ3v) is 11.8. The molecular formula is C35H31BF10P-. The monoisotopic (exact) mass is 683 g/mol. The normalized spacial score (nSPS) is 12.2. The molecule has 0 aliphatic heterocycles. The lowest BCUT2D eigenvalue weighted by Gasteiger charge is -2.29. The van der Waals surface area contributed by atoms with Gasteiger partial charge >= 0.3 is 0 Å². The van der Waals surface area contributed by atoms with E-state index in [0.29, 0.717) is 11.7 Å². The van der Waals surface area contributed by atoms with Crippen LogP contribution in [-0.4, -0.2) is 12.9 Å². The molecule has 0 saturated heterocycles. The zero-order valence-corrected chi connectivity index (χ0v) is 27.6. The standard InChI is InChI=1S/C35H31BF10P/c1-15(14-47(34-18(4)10-16(2)11-19(34)5)35-20(6)12-17(3)13-21(35)7)8-9-36(22-24(37)28(41)32(45)29(42)25(22)38)23-26(39)30(43)33(46)31(44)27(23)40/h8,10-13,36H,9,14H2,1-7H3/q-1/b15-8-. The molecule has 12 heteroatoms. The van der Waals surface area contributed by atoms with Gasteiger partial charge in [0.1, 0.15) is 23.3 Å². The molecule has 0 aliphatic rings. The maximum atomic E-state index is 15.1. The van der Waals surface area contributed by atoms with Gasteiger partial charge < -0.3 is 0 Å². The molecule has 4 aromatic carbocycles. The second-order valence-corrected chi connectivity index (χ2v) is 14.3. The lowest BCUT2D eigenvalue weighted by molar-refractivity contribution is 0.382. The second kappa shape index (κ2) is 13.9. The number of hydrogen-bond acceptors (Lipinski definition) is 0. The fraction of sp³-hybridized carbons (Fsp3) is 0.257. The van der Waals surface area contributed by atoms with Crippen molar-refractivity contribution in [2.45, 2.75) is 54.8 Å². The minimum absolute atomic E-state index is 0.311. The molecule has 0 spiro atoms. The maximum absolute atomic E-state index is 15.1. The highest BCUT2D eigenvalue weighted by Crippen LogP contribution is 2.41. The Morgan fingerprint density at radius 3 is 1.09 bits per heavy atom. The molecule has 0 heterocycles. The Morgan fingerprint density at radius 1 is 0.511 bits per heavy atom. The summed E-state index contributed by atoms with van der Waals surface area (Å²) in [5.74, 6) is -24.3. The molecule has 0 aromatic heterocycles. The molecule has 47 heavy (non-hydrogen) atoms. The van der Waals surface area contributed by atoms with E-state index < -0.39 is 90.1 Å². The summed E-state index contributed by atoms with van der Waals surface area (Å²) in [6, 6.07) is 8.12. The van der Waals surface area contributed by atoms with Gasteiger partial charge in [-0.25, -0.2) is 43.9 Å². The Morgan fingerprint density at radius 2 is 0.787 bits per heavy atom. The first kappa shape index (κ1) is 36.3. The number of hydrogen-bond donors (Lipinski definition) is 0. The maximum Gasteiger partial charge on any atom is 0.200 e. The van der Waals surface area contributed by atoms with Crippen molar-refractivity contribution >= 4 is 36.2 Å². The van der Waals surface area contributed by atoms with Crippen LogP contribution in [0.2, 0.25) is 6.32 Å². The third-order valence-electron chi connectivity index (χ3n) is 8.45. The topological polar surface area (TPSA) is 0 Å². The summed E-state index contributed by atoms with van der Waals surface area (Å²) >= 11 is 0. The summed E-state index contributed by atoms with van der Waals surface area (Å²) in [5.41, 5.74) is 3.36. The van der Waals surface area contributed by atoms with Crippen LogP contribution in [0, 0.1) is 99.7 Å². The Labute approximate surface area is 268 Å². The molecule has 4 rings (SSSR count). The van der Waals surface area contributed by atoms with Gasteiger partial charge in [-0.15, -0.1) is 17.0 Å². The highest BCUT2D eigenvalue weighted by Gasteiger charge is 2.32. The van der Waals surface area contributed by atoms with Crippen molar-refractivity contribution < 1.29 is 43.9 Å². The van der Waals surface area contributed by atoms with E-state index in [-0.39, 0.29) is 0 Å². The Bertz CT molecular complexity index is 1700. The van der Waals surface area contributed by atoms with Crippen molar-refractivity contribution in [1.82, 2.24) is 0 Å². The van der Waals surface area contributed by atoms with Crippen LogP contribution in [-0.2, 0) is 0 Å². The summed E-state index contributed by atoms with van der Waals surface area (Å²) in [6.07, 6.45) is 0.845. The van der Waals surface area contributed by atoms with Crippen LogP contribution in [0.25, 0.3) is 0 Å². The molecule has 4 aromatic rings. The van der Waals surface area contributed by atoms with E-state index in [1.807, 2.05) is 65.8 Å². The molecule has 0 amide bonds. The highest BCUT2D eigenvalue weighted by molar-refractivity contribution is 7.73. The fourth-order valence-corrected chi connectivity index (χ4v) is 9.82. The van der Waals surface area contributed by atoms with E-state index in [2.05, 4.69) is 0 Å². The summed E-state index contributed by atoms with van der Waals surface area (Å²) in [7, 11) is -1.19.